The van der Waals surface area contributed by atoms with Crippen molar-refractivity contribution in [1.29, 1.82) is 0 Å². The van der Waals surface area contributed by atoms with Crippen LogP contribution < -0.4 is 5.73 Å². The average Bonchev–Trinajstić information content (AvgIpc) is 2.30. The Balaban J connectivity index is 2.74. The first kappa shape index (κ1) is 13.7. The molecule has 3 heteroatoms. The molecule has 0 fully saturated rings. The van der Waals surface area contributed by atoms with Crippen LogP contribution in [0.5, 0.6) is 0 Å². The van der Waals surface area contributed by atoms with Gasteiger partial charge in [-0.2, -0.15) is 0 Å². The van der Waals surface area contributed by atoms with Crippen molar-refractivity contribution >= 4 is 5.91 Å². The van der Waals surface area contributed by atoms with E-state index < -0.39 is 0 Å². The van der Waals surface area contributed by atoms with Crippen molar-refractivity contribution in [1.82, 2.24) is 4.90 Å². The SMILES string of the molecule is CC[C@@H](N)C(=O)N(C)Cc1ccc(C)cc1C. The second-order valence-corrected chi connectivity index (χ2v) is 4.64. The predicted octanol–water partition coefficient (Wildman–Crippen LogP) is 2.00. The summed E-state index contributed by atoms with van der Waals surface area (Å²) in [5.41, 5.74) is 9.38. The molecule has 0 heterocycles. The lowest BCUT2D eigenvalue weighted by atomic mass is 10.1. The summed E-state index contributed by atoms with van der Waals surface area (Å²) in [5, 5.41) is 0. The summed E-state index contributed by atoms with van der Waals surface area (Å²) in [6.07, 6.45) is 0.677. The highest BCUT2D eigenvalue weighted by molar-refractivity contribution is 5.81. The van der Waals surface area contributed by atoms with E-state index in [-0.39, 0.29) is 11.9 Å². The monoisotopic (exact) mass is 234 g/mol. The van der Waals surface area contributed by atoms with Gasteiger partial charge in [-0.1, -0.05) is 30.7 Å². The molecule has 2 N–H and O–H groups in total. The maximum atomic E-state index is 11.9. The van der Waals surface area contributed by atoms with Crippen LogP contribution in [-0.2, 0) is 11.3 Å². The molecular weight excluding hydrogens is 212 g/mol. The molecular formula is C14H22N2O. The van der Waals surface area contributed by atoms with Gasteiger partial charge in [0.1, 0.15) is 0 Å². The first-order valence-electron chi connectivity index (χ1n) is 6.02. The van der Waals surface area contributed by atoms with E-state index in [1.54, 1.807) is 11.9 Å². The van der Waals surface area contributed by atoms with E-state index in [0.29, 0.717) is 13.0 Å². The lowest BCUT2D eigenvalue weighted by Gasteiger charge is -2.21. The molecule has 0 spiro atoms. The van der Waals surface area contributed by atoms with Gasteiger partial charge in [0, 0.05) is 13.6 Å². The molecule has 1 atom stereocenters. The summed E-state index contributed by atoms with van der Waals surface area (Å²) in [4.78, 5) is 13.6. The van der Waals surface area contributed by atoms with Gasteiger partial charge in [0.15, 0.2) is 0 Å². The molecule has 1 aromatic rings. The van der Waals surface area contributed by atoms with E-state index in [0.717, 1.165) is 0 Å². The summed E-state index contributed by atoms with van der Waals surface area (Å²) in [6, 6.07) is 5.89. The topological polar surface area (TPSA) is 46.3 Å². The number of hydrogen-bond donors (Lipinski definition) is 1. The maximum absolute atomic E-state index is 11.9. The van der Waals surface area contributed by atoms with Crippen LogP contribution in [0.4, 0.5) is 0 Å². The number of likely N-dealkylation sites (N-methyl/N-ethyl adjacent to an activating group) is 1. The van der Waals surface area contributed by atoms with Crippen molar-refractivity contribution < 1.29 is 4.79 Å². The smallest absolute Gasteiger partial charge is 0.239 e. The second-order valence-electron chi connectivity index (χ2n) is 4.64. The molecule has 0 bridgehead atoms. The summed E-state index contributed by atoms with van der Waals surface area (Å²) >= 11 is 0. The molecule has 17 heavy (non-hydrogen) atoms. The first-order valence-corrected chi connectivity index (χ1v) is 6.02. The minimum absolute atomic E-state index is 0.00692. The Morgan fingerprint density at radius 1 is 1.41 bits per heavy atom. The Bertz CT molecular complexity index is 401. The minimum Gasteiger partial charge on any atom is -0.340 e. The van der Waals surface area contributed by atoms with Crippen LogP contribution in [0.1, 0.15) is 30.0 Å². The van der Waals surface area contributed by atoms with E-state index >= 15 is 0 Å². The largest absolute Gasteiger partial charge is 0.340 e. The second kappa shape index (κ2) is 5.82. The van der Waals surface area contributed by atoms with Crippen LogP contribution in [-0.4, -0.2) is 23.9 Å². The number of nitrogens with zero attached hydrogens (tertiary/aromatic N) is 1. The van der Waals surface area contributed by atoms with Crippen molar-refractivity contribution in [2.45, 2.75) is 39.8 Å². The zero-order valence-electron chi connectivity index (χ0n) is 11.2. The molecule has 94 valence electrons. The molecule has 0 radical (unpaired) electrons. The van der Waals surface area contributed by atoms with E-state index in [2.05, 4.69) is 32.0 Å². The van der Waals surface area contributed by atoms with Gasteiger partial charge < -0.3 is 10.6 Å². The molecule has 0 aliphatic carbocycles. The maximum Gasteiger partial charge on any atom is 0.239 e. The van der Waals surface area contributed by atoms with Crippen LogP contribution in [0.3, 0.4) is 0 Å². The van der Waals surface area contributed by atoms with Gasteiger partial charge >= 0.3 is 0 Å². The van der Waals surface area contributed by atoms with Crippen LogP contribution in [0.2, 0.25) is 0 Å². The fourth-order valence-corrected chi connectivity index (χ4v) is 1.81. The van der Waals surface area contributed by atoms with Crippen molar-refractivity contribution in [3.05, 3.63) is 34.9 Å². The molecule has 1 aromatic carbocycles. The summed E-state index contributed by atoms with van der Waals surface area (Å²) in [6.45, 7) is 6.69. The summed E-state index contributed by atoms with van der Waals surface area (Å²) in [7, 11) is 1.80. The zero-order valence-corrected chi connectivity index (χ0v) is 11.2. The summed E-state index contributed by atoms with van der Waals surface area (Å²) < 4.78 is 0. The average molecular weight is 234 g/mol. The van der Waals surface area contributed by atoms with E-state index in [9.17, 15) is 4.79 Å². The van der Waals surface area contributed by atoms with Gasteiger partial charge in [-0.25, -0.2) is 0 Å². The Morgan fingerprint density at radius 3 is 2.59 bits per heavy atom. The third-order valence-corrected chi connectivity index (χ3v) is 3.04. The van der Waals surface area contributed by atoms with Gasteiger partial charge in [0.2, 0.25) is 5.91 Å². The number of carbonyl (C=O) groups is 1. The number of aryl methyl sites for hydroxylation is 2. The fraction of sp³-hybridized carbons (Fsp3) is 0.500. The quantitative estimate of drug-likeness (QED) is 0.866. The predicted molar refractivity (Wildman–Crippen MR) is 70.7 cm³/mol. The highest BCUT2D eigenvalue weighted by Gasteiger charge is 2.16. The number of nitrogens with two attached hydrogens (primary N) is 1. The van der Waals surface area contributed by atoms with Gasteiger partial charge in [0.25, 0.3) is 0 Å². The fourth-order valence-electron chi connectivity index (χ4n) is 1.81. The molecule has 3 nitrogen and oxygen atoms in total. The van der Waals surface area contributed by atoms with E-state index in [4.69, 9.17) is 5.73 Å². The van der Waals surface area contributed by atoms with Crippen molar-refractivity contribution in [3.8, 4) is 0 Å². The molecule has 1 amide bonds. The van der Waals surface area contributed by atoms with Crippen LogP contribution in [0, 0.1) is 13.8 Å². The third kappa shape index (κ3) is 3.56. The summed E-state index contributed by atoms with van der Waals surface area (Å²) in [5.74, 6) is 0.00692. The lowest BCUT2D eigenvalue weighted by Crippen LogP contribution is -2.40. The van der Waals surface area contributed by atoms with Gasteiger partial charge in [-0.15, -0.1) is 0 Å². The zero-order chi connectivity index (χ0) is 13.0. The molecule has 0 saturated heterocycles. The van der Waals surface area contributed by atoms with Crippen LogP contribution in [0.15, 0.2) is 18.2 Å². The van der Waals surface area contributed by atoms with Gasteiger partial charge in [0.05, 0.1) is 6.04 Å². The standard InChI is InChI=1S/C14H22N2O/c1-5-13(15)14(17)16(4)9-12-7-6-10(2)8-11(12)3/h6-8,13H,5,9,15H2,1-4H3/t13-/m1/s1. The number of benzene rings is 1. The van der Waals surface area contributed by atoms with Crippen LogP contribution in [0.25, 0.3) is 0 Å². The molecule has 0 aromatic heterocycles. The number of carbonyl (C=O) groups excluding carboxylic acids is 1. The number of amides is 1. The van der Waals surface area contributed by atoms with E-state index in [1.165, 1.54) is 16.7 Å². The third-order valence-electron chi connectivity index (χ3n) is 3.04. The Morgan fingerprint density at radius 2 is 2.06 bits per heavy atom. The normalized spacial score (nSPS) is 12.3. The molecule has 0 aliphatic rings. The van der Waals surface area contributed by atoms with Gasteiger partial charge in [-0.05, 0) is 31.4 Å². The highest BCUT2D eigenvalue weighted by Crippen LogP contribution is 2.13. The number of hydrogen-bond acceptors (Lipinski definition) is 2. The first-order chi connectivity index (χ1) is 7.95. The Labute approximate surface area is 104 Å². The van der Waals surface area contributed by atoms with Crippen molar-refractivity contribution in [3.63, 3.8) is 0 Å². The minimum atomic E-state index is -0.384. The molecule has 1 rings (SSSR count). The molecule has 0 aliphatic heterocycles. The van der Waals surface area contributed by atoms with E-state index in [1.807, 2.05) is 6.92 Å². The Kier molecular flexibility index (Phi) is 4.70. The lowest BCUT2D eigenvalue weighted by molar-refractivity contribution is -0.131. The molecule has 0 unspecified atom stereocenters. The van der Waals surface area contributed by atoms with Gasteiger partial charge in [-0.3, -0.25) is 4.79 Å². The van der Waals surface area contributed by atoms with Crippen molar-refractivity contribution in [2.24, 2.45) is 5.73 Å². The number of rotatable bonds is 4. The highest BCUT2D eigenvalue weighted by atomic mass is 16.2. The van der Waals surface area contributed by atoms with Crippen LogP contribution >= 0.6 is 0 Å². The van der Waals surface area contributed by atoms with Crippen molar-refractivity contribution in [2.75, 3.05) is 7.05 Å². The Hall–Kier alpha value is -1.35. The molecule has 0 saturated carbocycles.